The number of rotatable bonds is 24. The standard InChI is InChI=1S/C33H52O4/c1-2-31(34)27-23-19-15-11-7-4-3-5-8-12-16-20-24-28-32(35)29-25-21-17-13-9-6-10-14-18-22-26-30-33(36)37/h1,18,22-24,27-28,31-32,34-35H,3-17,19-21,25,29H2,(H,36,37)/t31-,32+/m0/s1. The second kappa shape index (κ2) is 28.3. The number of aliphatic carboxylic acids is 1. The molecule has 0 aromatic heterocycles. The monoisotopic (exact) mass is 512 g/mol. The first-order chi connectivity index (χ1) is 18.1. The number of terminal acetylenes is 1. The van der Waals surface area contributed by atoms with Gasteiger partial charge in [-0.15, -0.1) is 6.42 Å². The van der Waals surface area contributed by atoms with Gasteiger partial charge in [-0.3, -0.25) is 0 Å². The van der Waals surface area contributed by atoms with Gasteiger partial charge in [0.1, 0.15) is 6.10 Å². The van der Waals surface area contributed by atoms with Crippen molar-refractivity contribution in [3.05, 3.63) is 36.5 Å². The molecular weight excluding hydrogens is 460 g/mol. The van der Waals surface area contributed by atoms with Gasteiger partial charge in [0.05, 0.1) is 6.10 Å². The zero-order chi connectivity index (χ0) is 27.2. The first kappa shape index (κ1) is 34.7. The van der Waals surface area contributed by atoms with Gasteiger partial charge in [0.2, 0.25) is 0 Å². The highest BCUT2D eigenvalue weighted by Gasteiger charge is 1.99. The molecule has 37 heavy (non-hydrogen) atoms. The molecule has 208 valence electrons. The van der Waals surface area contributed by atoms with Crippen molar-refractivity contribution in [2.75, 3.05) is 0 Å². The summed E-state index contributed by atoms with van der Waals surface area (Å²) < 4.78 is 0. The van der Waals surface area contributed by atoms with E-state index >= 15 is 0 Å². The highest BCUT2D eigenvalue weighted by Crippen LogP contribution is 2.13. The Morgan fingerprint density at radius 2 is 1.08 bits per heavy atom. The summed E-state index contributed by atoms with van der Waals surface area (Å²) in [7, 11) is 0. The summed E-state index contributed by atoms with van der Waals surface area (Å²) in [5, 5.41) is 27.7. The molecule has 0 saturated heterocycles. The van der Waals surface area contributed by atoms with Crippen LogP contribution in [0.3, 0.4) is 0 Å². The van der Waals surface area contributed by atoms with Crippen molar-refractivity contribution in [2.24, 2.45) is 0 Å². The van der Waals surface area contributed by atoms with E-state index in [0.29, 0.717) is 0 Å². The highest BCUT2D eigenvalue weighted by molar-refractivity contribution is 5.86. The number of carboxylic acid groups (broad SMARTS) is 1. The summed E-state index contributed by atoms with van der Waals surface area (Å²) in [4.78, 5) is 10.2. The predicted octanol–water partition coefficient (Wildman–Crippen LogP) is 7.90. The van der Waals surface area contributed by atoms with Gasteiger partial charge in [0, 0.05) is 5.92 Å². The van der Waals surface area contributed by atoms with E-state index in [9.17, 15) is 15.0 Å². The molecule has 0 aromatic carbocycles. The number of aliphatic hydroxyl groups is 2. The molecule has 4 heteroatoms. The minimum Gasteiger partial charge on any atom is -0.472 e. The van der Waals surface area contributed by atoms with Gasteiger partial charge in [-0.2, -0.15) is 0 Å². The Morgan fingerprint density at radius 3 is 1.57 bits per heavy atom. The van der Waals surface area contributed by atoms with Gasteiger partial charge in [0.25, 0.3) is 0 Å². The number of unbranched alkanes of at least 4 members (excludes halogenated alkanes) is 17. The molecule has 0 aliphatic rings. The van der Waals surface area contributed by atoms with Crippen LogP contribution in [-0.2, 0) is 4.79 Å². The van der Waals surface area contributed by atoms with Gasteiger partial charge in [-0.05, 0) is 57.1 Å². The molecule has 0 unspecified atom stereocenters. The van der Waals surface area contributed by atoms with Crippen LogP contribution >= 0.6 is 0 Å². The molecule has 0 bridgehead atoms. The van der Waals surface area contributed by atoms with E-state index in [0.717, 1.165) is 38.5 Å². The van der Waals surface area contributed by atoms with Crippen LogP contribution in [0.4, 0.5) is 0 Å². The van der Waals surface area contributed by atoms with E-state index in [4.69, 9.17) is 11.5 Å². The molecule has 3 N–H and O–H groups in total. The molecule has 2 atom stereocenters. The maximum absolute atomic E-state index is 10.2. The Kier molecular flexibility index (Phi) is 26.6. The average Bonchev–Trinajstić information content (AvgIpc) is 2.88. The summed E-state index contributed by atoms with van der Waals surface area (Å²) >= 11 is 0. The number of hydrogen-bond donors (Lipinski definition) is 3. The fourth-order valence-corrected chi connectivity index (χ4v) is 4.14. The Labute approximate surface area is 227 Å². The molecule has 0 spiro atoms. The smallest absolute Gasteiger partial charge is 0.382 e. The largest absolute Gasteiger partial charge is 0.472 e. The fourth-order valence-electron chi connectivity index (χ4n) is 4.14. The van der Waals surface area contributed by atoms with Crippen molar-refractivity contribution in [1.82, 2.24) is 0 Å². The Morgan fingerprint density at radius 1 is 0.649 bits per heavy atom. The zero-order valence-electron chi connectivity index (χ0n) is 23.1. The van der Waals surface area contributed by atoms with Gasteiger partial charge < -0.3 is 15.3 Å². The summed E-state index contributed by atoms with van der Waals surface area (Å²) in [5.74, 6) is 5.76. The quantitative estimate of drug-likeness (QED) is 0.0698. The Hall–Kier alpha value is -2.27. The number of hydrogen-bond acceptors (Lipinski definition) is 3. The molecule has 0 heterocycles. The van der Waals surface area contributed by atoms with E-state index in [1.54, 1.807) is 12.2 Å². The SMILES string of the molecule is C#C[C@H](O)C=CCCCCCCCCCCCC=C[C@@H](O)CCCCCCCCCC=CC#CC(=O)O. The highest BCUT2D eigenvalue weighted by atomic mass is 16.4. The summed E-state index contributed by atoms with van der Waals surface area (Å²) in [6, 6.07) is 0. The summed E-state index contributed by atoms with van der Waals surface area (Å²) in [5.41, 5.74) is 0. The Balaban J connectivity index is 3.35. The number of carbonyl (C=O) groups is 1. The molecule has 0 radical (unpaired) electrons. The van der Waals surface area contributed by atoms with Crippen LogP contribution in [-0.4, -0.2) is 33.5 Å². The minimum absolute atomic E-state index is 0.297. The lowest BCUT2D eigenvalue weighted by Gasteiger charge is -2.06. The van der Waals surface area contributed by atoms with Crippen LogP contribution in [0.1, 0.15) is 128 Å². The third-order valence-electron chi connectivity index (χ3n) is 6.34. The second-order valence-electron chi connectivity index (χ2n) is 9.82. The fraction of sp³-hybridized carbons (Fsp3) is 0.667. The maximum atomic E-state index is 10.2. The number of allylic oxidation sites excluding steroid dienone is 4. The van der Waals surface area contributed by atoms with Gasteiger partial charge in [0.15, 0.2) is 0 Å². The van der Waals surface area contributed by atoms with Gasteiger partial charge in [-0.25, -0.2) is 4.79 Å². The van der Waals surface area contributed by atoms with Crippen LogP contribution in [0, 0.1) is 24.2 Å². The van der Waals surface area contributed by atoms with E-state index in [1.165, 1.54) is 89.9 Å². The van der Waals surface area contributed by atoms with Crippen molar-refractivity contribution in [3.8, 4) is 24.2 Å². The lowest BCUT2D eigenvalue weighted by atomic mass is 10.0. The first-order valence-corrected chi connectivity index (χ1v) is 14.6. The van der Waals surface area contributed by atoms with Crippen molar-refractivity contribution in [2.45, 2.75) is 141 Å². The molecule has 0 saturated carbocycles. The van der Waals surface area contributed by atoms with Crippen molar-refractivity contribution >= 4 is 5.97 Å². The first-order valence-electron chi connectivity index (χ1n) is 14.6. The number of aliphatic hydroxyl groups excluding tert-OH is 2. The van der Waals surface area contributed by atoms with Crippen LogP contribution in [0.15, 0.2) is 36.5 Å². The van der Waals surface area contributed by atoms with Crippen LogP contribution in [0.2, 0.25) is 0 Å². The topological polar surface area (TPSA) is 77.8 Å². The third-order valence-corrected chi connectivity index (χ3v) is 6.34. The molecule has 0 aliphatic carbocycles. The van der Waals surface area contributed by atoms with Crippen molar-refractivity contribution in [3.63, 3.8) is 0 Å². The lowest BCUT2D eigenvalue weighted by Crippen LogP contribution is -2.01. The zero-order valence-corrected chi connectivity index (χ0v) is 23.1. The maximum Gasteiger partial charge on any atom is 0.382 e. The summed E-state index contributed by atoms with van der Waals surface area (Å²) in [6.07, 6.45) is 39.1. The predicted molar refractivity (Wildman–Crippen MR) is 156 cm³/mol. The Bertz CT molecular complexity index is 717. The average molecular weight is 513 g/mol. The molecule has 0 amide bonds. The third kappa shape index (κ3) is 29.8. The normalized spacial score (nSPS) is 13.1. The van der Waals surface area contributed by atoms with E-state index in [2.05, 4.69) is 23.8 Å². The summed E-state index contributed by atoms with van der Waals surface area (Å²) in [6.45, 7) is 0. The number of carboxylic acids is 1. The molecule has 0 aromatic rings. The molecule has 0 aliphatic heterocycles. The minimum atomic E-state index is -1.09. The van der Waals surface area contributed by atoms with Crippen molar-refractivity contribution < 1.29 is 20.1 Å². The van der Waals surface area contributed by atoms with E-state index in [1.807, 2.05) is 18.2 Å². The van der Waals surface area contributed by atoms with E-state index < -0.39 is 12.1 Å². The van der Waals surface area contributed by atoms with Crippen molar-refractivity contribution in [1.29, 1.82) is 0 Å². The molecule has 0 rings (SSSR count). The molecular formula is C33H52O4. The van der Waals surface area contributed by atoms with Crippen LogP contribution in [0.25, 0.3) is 0 Å². The lowest BCUT2D eigenvalue weighted by molar-refractivity contribution is -0.130. The second-order valence-corrected chi connectivity index (χ2v) is 9.82. The van der Waals surface area contributed by atoms with E-state index in [-0.39, 0.29) is 6.10 Å². The van der Waals surface area contributed by atoms with Gasteiger partial charge in [-0.1, -0.05) is 120 Å². The molecule has 0 fully saturated rings. The van der Waals surface area contributed by atoms with Crippen LogP contribution in [0.5, 0.6) is 0 Å². The molecule has 4 nitrogen and oxygen atoms in total. The van der Waals surface area contributed by atoms with Crippen LogP contribution < -0.4 is 0 Å². The van der Waals surface area contributed by atoms with Gasteiger partial charge >= 0.3 is 5.97 Å².